The quantitative estimate of drug-likeness (QED) is 0.363. The molecule has 5 nitrogen and oxygen atoms in total. The van der Waals surface area contributed by atoms with Crippen LogP contribution >= 0.6 is 0 Å². The van der Waals surface area contributed by atoms with E-state index in [0.29, 0.717) is 24.9 Å². The molecule has 39 heavy (non-hydrogen) atoms. The number of rotatable bonds is 7. The van der Waals surface area contributed by atoms with E-state index >= 15 is 0 Å². The number of nitrogens with zero attached hydrogens (tertiary/aromatic N) is 1. The minimum Gasteiger partial charge on any atom is -0.611 e. The first-order valence-electron chi connectivity index (χ1n) is 15.0. The second-order valence-corrected chi connectivity index (χ2v) is 15.4. The summed E-state index contributed by atoms with van der Waals surface area (Å²) in [4.78, 5) is 14.5. The van der Waals surface area contributed by atoms with Crippen molar-refractivity contribution in [2.75, 3.05) is 19.0 Å². The average molecular weight is 555 g/mol. The molecule has 1 saturated carbocycles. The number of hydrogen-bond donors (Lipinski definition) is 1. The van der Waals surface area contributed by atoms with Crippen LogP contribution in [0.25, 0.3) is 11.3 Å². The van der Waals surface area contributed by atoms with Gasteiger partial charge in [-0.1, -0.05) is 60.8 Å². The Kier molecular flexibility index (Phi) is 9.60. The maximum Gasteiger partial charge on any atom is 0.253 e. The Bertz CT molecular complexity index is 1130. The average Bonchev–Trinajstić information content (AvgIpc) is 3.19. The lowest BCUT2D eigenvalue weighted by Gasteiger charge is -2.28. The highest BCUT2D eigenvalue weighted by atomic mass is 32.2. The molecule has 1 aromatic carbocycles. The van der Waals surface area contributed by atoms with Crippen molar-refractivity contribution < 1.29 is 14.1 Å². The maximum absolute atomic E-state index is 13.5. The summed E-state index contributed by atoms with van der Waals surface area (Å²) in [6.07, 6.45) is 8.14. The Morgan fingerprint density at radius 2 is 1.69 bits per heavy atom. The Balaban J connectivity index is 1.74. The van der Waals surface area contributed by atoms with Gasteiger partial charge in [0.2, 0.25) is 0 Å². The van der Waals surface area contributed by atoms with Crippen molar-refractivity contribution in [3.63, 3.8) is 0 Å². The normalized spacial score (nSPS) is 18.8. The standard InChI is InChI=1S/C33H50N2O3S/c1-23-27(31(36)34-26-15-17-38-18-16-26)20-29(35(23)21-24-11-9-8-10-12-24)25-13-14-30(28(19-25)33(5,6)7)39(37)22-32(2,3)4/h13-14,19-20,24,26H,8-12,15-18,21-22H2,1-7H3,(H,34,36). The van der Waals surface area contributed by atoms with Crippen LogP contribution < -0.4 is 5.32 Å². The van der Waals surface area contributed by atoms with Crippen LogP contribution in [-0.2, 0) is 27.9 Å². The van der Waals surface area contributed by atoms with Gasteiger partial charge in [0.05, 0.1) is 5.56 Å². The molecule has 216 valence electrons. The zero-order chi connectivity index (χ0) is 28.4. The number of amides is 1. The molecule has 0 bridgehead atoms. The predicted octanol–water partition coefficient (Wildman–Crippen LogP) is 7.40. The van der Waals surface area contributed by atoms with Crippen LogP contribution in [0.5, 0.6) is 0 Å². The molecule has 2 fully saturated rings. The summed E-state index contributed by atoms with van der Waals surface area (Å²) in [6.45, 7) is 17.5. The highest BCUT2D eigenvalue weighted by Crippen LogP contribution is 2.37. The molecule has 1 aromatic heterocycles. The second-order valence-electron chi connectivity index (χ2n) is 14.0. The molecular formula is C33H50N2O3S. The molecule has 1 N–H and O–H groups in total. The fourth-order valence-electron chi connectivity index (χ4n) is 6.03. The van der Waals surface area contributed by atoms with Gasteiger partial charge in [-0.2, -0.15) is 0 Å². The monoisotopic (exact) mass is 554 g/mol. The van der Waals surface area contributed by atoms with Crippen molar-refractivity contribution in [1.82, 2.24) is 9.88 Å². The van der Waals surface area contributed by atoms with Crippen LogP contribution in [0.15, 0.2) is 29.2 Å². The van der Waals surface area contributed by atoms with Gasteiger partial charge in [-0.05, 0) is 84.9 Å². The van der Waals surface area contributed by atoms with E-state index in [1.165, 1.54) is 32.1 Å². The minimum absolute atomic E-state index is 0.0157. The third kappa shape index (κ3) is 7.71. The number of benzene rings is 1. The van der Waals surface area contributed by atoms with Gasteiger partial charge < -0.3 is 19.2 Å². The minimum atomic E-state index is -1.08. The van der Waals surface area contributed by atoms with E-state index < -0.39 is 11.2 Å². The van der Waals surface area contributed by atoms with Crippen LogP contribution in [-0.4, -0.2) is 40.0 Å². The highest BCUT2D eigenvalue weighted by Gasteiger charge is 2.30. The SMILES string of the molecule is Cc1c(C(=O)NC2CCOCC2)cc(-c2ccc([S+]([O-])CC(C)(C)C)c(C(C)(C)C)c2)n1CC1CCCCC1. The first kappa shape index (κ1) is 30.2. The zero-order valence-electron chi connectivity index (χ0n) is 25.3. The number of hydrogen-bond acceptors (Lipinski definition) is 3. The van der Waals surface area contributed by atoms with Gasteiger partial charge in [0.1, 0.15) is 5.75 Å². The fourth-order valence-corrected chi connectivity index (χ4v) is 7.80. The third-order valence-electron chi connectivity index (χ3n) is 8.23. The molecule has 0 radical (unpaired) electrons. The smallest absolute Gasteiger partial charge is 0.253 e. The summed E-state index contributed by atoms with van der Waals surface area (Å²) in [5, 5.41) is 3.28. The topological polar surface area (TPSA) is 66.3 Å². The van der Waals surface area contributed by atoms with Gasteiger partial charge in [0.15, 0.2) is 4.90 Å². The summed E-state index contributed by atoms with van der Waals surface area (Å²) in [5.41, 5.74) is 4.95. The maximum atomic E-state index is 13.5. The van der Waals surface area contributed by atoms with Gasteiger partial charge in [-0.25, -0.2) is 0 Å². The lowest BCUT2D eigenvalue weighted by atomic mass is 9.85. The fraction of sp³-hybridized carbons (Fsp3) is 0.667. The van der Waals surface area contributed by atoms with Crippen molar-refractivity contribution in [3.05, 3.63) is 41.1 Å². The Morgan fingerprint density at radius 3 is 2.31 bits per heavy atom. The summed E-state index contributed by atoms with van der Waals surface area (Å²) in [7, 11) is 0. The largest absolute Gasteiger partial charge is 0.611 e. The number of aromatic nitrogens is 1. The lowest BCUT2D eigenvalue weighted by molar-refractivity contribution is 0.0696. The van der Waals surface area contributed by atoms with Gasteiger partial charge in [-0.3, -0.25) is 4.79 Å². The third-order valence-corrected chi connectivity index (χ3v) is 10.2. The van der Waals surface area contributed by atoms with Gasteiger partial charge in [0.25, 0.3) is 5.91 Å². The van der Waals surface area contributed by atoms with Crippen LogP contribution in [0.3, 0.4) is 0 Å². The highest BCUT2D eigenvalue weighted by molar-refractivity contribution is 7.91. The molecule has 1 unspecified atom stereocenters. The Labute approximate surface area is 239 Å². The summed E-state index contributed by atoms with van der Waals surface area (Å²) in [6, 6.07) is 8.70. The number of carbonyl (C=O) groups is 1. The first-order chi connectivity index (χ1) is 18.3. The lowest BCUT2D eigenvalue weighted by Crippen LogP contribution is -2.39. The van der Waals surface area contributed by atoms with Crippen LogP contribution in [0.1, 0.15) is 108 Å². The zero-order valence-corrected chi connectivity index (χ0v) is 26.1. The van der Waals surface area contributed by atoms with Crippen LogP contribution in [0.2, 0.25) is 0 Å². The number of ether oxygens (including phenoxy) is 1. The van der Waals surface area contributed by atoms with Crippen LogP contribution in [0.4, 0.5) is 0 Å². The van der Waals surface area contributed by atoms with E-state index in [1.807, 2.05) is 0 Å². The molecule has 2 aliphatic rings. The summed E-state index contributed by atoms with van der Waals surface area (Å²) >= 11 is -1.08. The number of carbonyl (C=O) groups excluding carboxylic acids is 1. The van der Waals surface area contributed by atoms with E-state index in [9.17, 15) is 9.35 Å². The molecule has 1 aliphatic heterocycles. The molecule has 6 heteroatoms. The van der Waals surface area contributed by atoms with Crippen molar-refractivity contribution >= 4 is 17.1 Å². The molecule has 1 amide bonds. The van der Waals surface area contributed by atoms with E-state index in [1.54, 1.807) is 0 Å². The van der Waals surface area contributed by atoms with Crippen molar-refractivity contribution in [1.29, 1.82) is 0 Å². The Hall–Kier alpha value is -1.76. The predicted molar refractivity (Wildman–Crippen MR) is 162 cm³/mol. The summed E-state index contributed by atoms with van der Waals surface area (Å²) < 4.78 is 21.4. The van der Waals surface area contributed by atoms with Crippen molar-refractivity contribution in [2.24, 2.45) is 11.3 Å². The molecule has 1 saturated heterocycles. The van der Waals surface area contributed by atoms with Gasteiger partial charge >= 0.3 is 0 Å². The molecule has 4 rings (SSSR count). The molecule has 2 heterocycles. The molecular weight excluding hydrogens is 504 g/mol. The van der Waals surface area contributed by atoms with Gasteiger partial charge in [-0.15, -0.1) is 0 Å². The summed E-state index contributed by atoms with van der Waals surface area (Å²) in [5.74, 6) is 1.28. The first-order valence-corrected chi connectivity index (χ1v) is 16.3. The van der Waals surface area contributed by atoms with E-state index in [-0.39, 0.29) is 22.8 Å². The van der Waals surface area contributed by atoms with E-state index in [4.69, 9.17) is 4.74 Å². The van der Waals surface area contributed by atoms with Crippen LogP contribution in [0, 0.1) is 18.3 Å². The number of nitrogens with one attached hydrogen (secondary N) is 1. The molecule has 1 atom stereocenters. The Morgan fingerprint density at radius 1 is 1.03 bits per heavy atom. The van der Waals surface area contributed by atoms with Crippen molar-refractivity contribution in [3.8, 4) is 11.3 Å². The van der Waals surface area contributed by atoms with Crippen molar-refractivity contribution in [2.45, 2.75) is 116 Å². The molecule has 2 aromatic rings. The van der Waals surface area contributed by atoms with E-state index in [2.05, 4.69) is 82.6 Å². The molecule has 0 spiro atoms. The van der Waals surface area contributed by atoms with Gasteiger partial charge in [0, 0.05) is 48.2 Å². The second kappa shape index (κ2) is 12.4. The molecule has 1 aliphatic carbocycles. The van der Waals surface area contributed by atoms with E-state index in [0.717, 1.165) is 52.4 Å².